The molecule has 0 saturated heterocycles. The van der Waals surface area contributed by atoms with Crippen LogP contribution in [-0.4, -0.2) is 28.2 Å². The summed E-state index contributed by atoms with van der Waals surface area (Å²) in [6, 6.07) is 0. The van der Waals surface area contributed by atoms with E-state index < -0.39 is 0 Å². The van der Waals surface area contributed by atoms with Crippen LogP contribution in [0.5, 0.6) is 0 Å². The van der Waals surface area contributed by atoms with Crippen molar-refractivity contribution < 1.29 is 5.11 Å². The van der Waals surface area contributed by atoms with Gasteiger partial charge in [-0.15, -0.1) is 24.8 Å². The van der Waals surface area contributed by atoms with Gasteiger partial charge in [0.05, 0.1) is 0 Å². The minimum absolute atomic E-state index is 0. The van der Waals surface area contributed by atoms with Crippen LogP contribution in [0.15, 0.2) is 0 Å². The van der Waals surface area contributed by atoms with Crippen molar-refractivity contribution in [3.8, 4) is 0 Å². The van der Waals surface area contributed by atoms with Crippen LogP contribution in [0.3, 0.4) is 0 Å². The van der Waals surface area contributed by atoms with Crippen molar-refractivity contribution in [2.45, 2.75) is 12.8 Å². The number of anilines is 3. The summed E-state index contributed by atoms with van der Waals surface area (Å²) in [5.74, 6) is 0.518. The molecule has 0 aliphatic heterocycles. The molecule has 0 aromatic carbocycles. The Balaban J connectivity index is 0. The highest BCUT2D eigenvalue weighted by Gasteiger charge is 2.07. The summed E-state index contributed by atoms with van der Waals surface area (Å²) in [6.07, 6.45) is 1.54. The van der Waals surface area contributed by atoms with Crippen LogP contribution in [0.1, 0.15) is 12.8 Å². The molecule has 100 valence electrons. The van der Waals surface area contributed by atoms with Gasteiger partial charge in [0.15, 0.2) is 11.0 Å². The van der Waals surface area contributed by atoms with Crippen molar-refractivity contribution in [2.75, 3.05) is 29.9 Å². The molecule has 0 aliphatic carbocycles. The third-order valence-electron chi connectivity index (χ3n) is 1.79. The van der Waals surface area contributed by atoms with E-state index in [2.05, 4.69) is 15.3 Å². The molecule has 17 heavy (non-hydrogen) atoms. The molecule has 0 bridgehead atoms. The number of nitrogens with two attached hydrogens (primary N) is 2. The van der Waals surface area contributed by atoms with Gasteiger partial charge in [-0.2, -0.15) is 9.97 Å². The molecule has 1 aromatic heterocycles. The lowest BCUT2D eigenvalue weighted by molar-refractivity contribution is 0.286. The fourth-order valence-corrected chi connectivity index (χ4v) is 1.21. The third-order valence-corrected chi connectivity index (χ3v) is 2.08. The normalized spacial score (nSPS) is 9.06. The first-order valence-electron chi connectivity index (χ1n) is 4.58. The molecule has 1 rings (SSSR count). The van der Waals surface area contributed by atoms with Gasteiger partial charge in [0, 0.05) is 13.2 Å². The third kappa shape index (κ3) is 5.97. The van der Waals surface area contributed by atoms with Gasteiger partial charge < -0.3 is 21.9 Å². The van der Waals surface area contributed by atoms with Gasteiger partial charge >= 0.3 is 0 Å². The van der Waals surface area contributed by atoms with Gasteiger partial charge in [-0.05, 0) is 12.8 Å². The number of nitrogens with one attached hydrogen (secondary N) is 1. The summed E-state index contributed by atoms with van der Waals surface area (Å²) in [5.41, 5.74) is 11.3. The molecule has 0 fully saturated rings. The highest BCUT2D eigenvalue weighted by Crippen LogP contribution is 2.24. The predicted molar refractivity (Wildman–Crippen MR) is 75.2 cm³/mol. The zero-order valence-corrected chi connectivity index (χ0v) is 11.4. The first-order chi connectivity index (χ1) is 7.15. The van der Waals surface area contributed by atoms with E-state index in [0.717, 1.165) is 12.8 Å². The Hall–Kier alpha value is -0.690. The molecule has 0 amide bonds. The summed E-state index contributed by atoms with van der Waals surface area (Å²) >= 11 is 5.72. The number of aliphatic hydroxyl groups is 1. The van der Waals surface area contributed by atoms with Crippen molar-refractivity contribution in [3.63, 3.8) is 0 Å². The van der Waals surface area contributed by atoms with Crippen molar-refractivity contribution in [1.29, 1.82) is 0 Å². The number of hydrogen-bond donors (Lipinski definition) is 4. The molecule has 1 heterocycles. The van der Waals surface area contributed by atoms with Crippen LogP contribution in [0.2, 0.25) is 5.15 Å². The topological polar surface area (TPSA) is 110 Å². The minimum atomic E-state index is 0. The molecule has 0 spiro atoms. The molecule has 0 saturated carbocycles. The van der Waals surface area contributed by atoms with Gasteiger partial charge in [-0.25, -0.2) is 0 Å². The second-order valence-corrected chi connectivity index (χ2v) is 3.35. The van der Waals surface area contributed by atoms with Crippen molar-refractivity contribution in [3.05, 3.63) is 5.15 Å². The molecule has 6 N–H and O–H groups in total. The molecule has 9 heteroatoms. The van der Waals surface area contributed by atoms with E-state index >= 15 is 0 Å². The van der Waals surface area contributed by atoms with E-state index in [1.54, 1.807) is 0 Å². The zero-order valence-electron chi connectivity index (χ0n) is 9.02. The van der Waals surface area contributed by atoms with E-state index in [1.165, 1.54) is 0 Å². The molecular formula is C8H16Cl3N5O. The van der Waals surface area contributed by atoms with Crippen LogP contribution >= 0.6 is 36.4 Å². The molecule has 0 radical (unpaired) electrons. The second-order valence-electron chi connectivity index (χ2n) is 2.99. The average Bonchev–Trinajstić information content (AvgIpc) is 2.19. The Morgan fingerprint density at radius 1 is 1.18 bits per heavy atom. The number of hydrogen-bond acceptors (Lipinski definition) is 6. The van der Waals surface area contributed by atoms with E-state index in [0.29, 0.717) is 12.4 Å². The van der Waals surface area contributed by atoms with E-state index in [4.69, 9.17) is 28.2 Å². The number of halogens is 3. The summed E-state index contributed by atoms with van der Waals surface area (Å²) in [5, 5.41) is 11.7. The average molecular weight is 305 g/mol. The largest absolute Gasteiger partial charge is 0.396 e. The highest BCUT2D eigenvalue weighted by molar-refractivity contribution is 6.32. The Morgan fingerprint density at radius 2 is 1.82 bits per heavy atom. The van der Waals surface area contributed by atoms with E-state index in [9.17, 15) is 0 Å². The van der Waals surface area contributed by atoms with Crippen LogP contribution in [0.25, 0.3) is 0 Å². The maximum Gasteiger partial charge on any atom is 0.223 e. The Labute approximate surface area is 117 Å². The number of nitrogen functional groups attached to an aromatic ring is 2. The van der Waals surface area contributed by atoms with Crippen LogP contribution in [0.4, 0.5) is 17.5 Å². The Morgan fingerprint density at radius 3 is 2.41 bits per heavy atom. The monoisotopic (exact) mass is 303 g/mol. The van der Waals surface area contributed by atoms with E-state index in [1.807, 2.05) is 0 Å². The molecular weight excluding hydrogens is 288 g/mol. The fraction of sp³-hybridized carbons (Fsp3) is 0.500. The van der Waals surface area contributed by atoms with Gasteiger partial charge in [-0.3, -0.25) is 0 Å². The fourth-order valence-electron chi connectivity index (χ4n) is 1.04. The van der Waals surface area contributed by atoms with Crippen LogP contribution < -0.4 is 16.8 Å². The molecule has 0 atom stereocenters. The number of rotatable bonds is 5. The summed E-state index contributed by atoms with van der Waals surface area (Å²) in [7, 11) is 0. The zero-order chi connectivity index (χ0) is 11.3. The lowest BCUT2D eigenvalue weighted by atomic mass is 10.3. The Bertz CT molecular complexity index is 339. The summed E-state index contributed by atoms with van der Waals surface area (Å²) < 4.78 is 0. The van der Waals surface area contributed by atoms with Gasteiger partial charge in [0.1, 0.15) is 5.69 Å². The van der Waals surface area contributed by atoms with Crippen molar-refractivity contribution >= 4 is 53.9 Å². The van der Waals surface area contributed by atoms with Crippen LogP contribution in [0, 0.1) is 0 Å². The van der Waals surface area contributed by atoms with Crippen LogP contribution in [-0.2, 0) is 0 Å². The number of aliphatic hydroxyl groups excluding tert-OH is 1. The highest BCUT2D eigenvalue weighted by atomic mass is 35.5. The first kappa shape index (κ1) is 18.7. The van der Waals surface area contributed by atoms with E-state index in [-0.39, 0.29) is 48.2 Å². The maximum absolute atomic E-state index is 8.59. The standard InChI is InChI=1S/C8H14ClN5O.2ClH/c9-6-5(10)7(14-8(11)13-6)12-3-1-2-4-15;;/h15H,1-4,10H2,(H3,11,12,13,14);2*1H. The smallest absolute Gasteiger partial charge is 0.223 e. The lowest BCUT2D eigenvalue weighted by Gasteiger charge is -2.08. The summed E-state index contributed by atoms with van der Waals surface area (Å²) in [4.78, 5) is 7.62. The number of aromatic nitrogens is 2. The van der Waals surface area contributed by atoms with Crippen molar-refractivity contribution in [2.24, 2.45) is 0 Å². The predicted octanol–water partition coefficient (Wildman–Crippen LogP) is 1.32. The number of nitrogens with zero attached hydrogens (tertiary/aromatic N) is 2. The molecule has 6 nitrogen and oxygen atoms in total. The van der Waals surface area contributed by atoms with Crippen molar-refractivity contribution in [1.82, 2.24) is 9.97 Å². The maximum atomic E-state index is 8.59. The quantitative estimate of drug-likeness (QED) is 0.482. The van der Waals surface area contributed by atoms with Gasteiger partial charge in [0.2, 0.25) is 5.95 Å². The summed E-state index contributed by atoms with van der Waals surface area (Å²) in [6.45, 7) is 0.821. The molecule has 0 aliphatic rings. The minimum Gasteiger partial charge on any atom is -0.396 e. The Kier molecular flexibility index (Phi) is 10.3. The first-order valence-corrected chi connectivity index (χ1v) is 4.96. The lowest BCUT2D eigenvalue weighted by Crippen LogP contribution is -2.09. The molecule has 0 unspecified atom stereocenters. The molecule has 1 aromatic rings. The number of unbranched alkanes of at least 4 members (excludes halogenated alkanes) is 1. The SMILES string of the molecule is Cl.Cl.Nc1nc(Cl)c(N)c(NCCCCO)n1. The van der Waals surface area contributed by atoms with Gasteiger partial charge in [-0.1, -0.05) is 11.6 Å². The second kappa shape index (κ2) is 9.35. The van der Waals surface area contributed by atoms with Gasteiger partial charge in [0.25, 0.3) is 0 Å².